The van der Waals surface area contributed by atoms with E-state index in [0.29, 0.717) is 0 Å². The molecule has 2 fully saturated rings. The van der Waals surface area contributed by atoms with Gasteiger partial charge < -0.3 is 9.47 Å². The highest BCUT2D eigenvalue weighted by Crippen LogP contribution is 2.41. The van der Waals surface area contributed by atoms with Crippen molar-refractivity contribution in [1.82, 2.24) is 0 Å². The summed E-state index contributed by atoms with van der Waals surface area (Å²) >= 11 is 2.35. The molecule has 0 unspecified atom stereocenters. The Morgan fingerprint density at radius 1 is 1.29 bits per heavy atom. The predicted molar refractivity (Wildman–Crippen MR) is 64.6 cm³/mol. The lowest BCUT2D eigenvalue weighted by Crippen LogP contribution is -2.33. The van der Waals surface area contributed by atoms with Gasteiger partial charge in [-0.3, -0.25) is 0 Å². The fraction of sp³-hybridized carbons (Fsp3) is 0.818. The Kier molecular flexibility index (Phi) is 3.50. The van der Waals surface area contributed by atoms with Crippen LogP contribution in [0.4, 0.5) is 0 Å². The maximum Gasteiger partial charge on any atom is 0.169 e. The smallest absolute Gasteiger partial charge is 0.169 e. The Hall–Kier alpha value is 0.390. The molecule has 0 amide bonds. The van der Waals surface area contributed by atoms with Crippen molar-refractivity contribution in [3.05, 3.63) is 12.7 Å². The Morgan fingerprint density at radius 2 is 2.00 bits per heavy atom. The van der Waals surface area contributed by atoms with Crippen LogP contribution in [0.3, 0.4) is 0 Å². The molecule has 0 bridgehead atoms. The van der Waals surface area contributed by atoms with Gasteiger partial charge in [-0.1, -0.05) is 35.1 Å². The summed E-state index contributed by atoms with van der Waals surface area (Å²) in [6.07, 6.45) is 8.11. The molecule has 1 saturated heterocycles. The molecule has 1 spiro atoms. The van der Waals surface area contributed by atoms with Crippen molar-refractivity contribution in [3.8, 4) is 0 Å². The van der Waals surface area contributed by atoms with Crippen LogP contribution in [0.5, 0.6) is 0 Å². The summed E-state index contributed by atoms with van der Waals surface area (Å²) in [4.78, 5) is 0. The van der Waals surface area contributed by atoms with E-state index in [1.165, 1.54) is 19.3 Å². The van der Waals surface area contributed by atoms with E-state index in [0.717, 1.165) is 17.3 Å². The molecule has 0 aromatic rings. The predicted octanol–water partition coefficient (Wildman–Crippen LogP) is 3.05. The lowest BCUT2D eigenvalue weighted by atomic mass is 9.94. The molecular formula is C11H17IO2. The van der Waals surface area contributed by atoms with Gasteiger partial charge in [0.1, 0.15) is 6.10 Å². The summed E-state index contributed by atoms with van der Waals surface area (Å²) in [5.74, 6) is -0.257. The fourth-order valence-corrected chi connectivity index (χ4v) is 3.02. The number of hydrogen-bond donors (Lipinski definition) is 0. The minimum Gasteiger partial charge on any atom is -0.343 e. The van der Waals surface area contributed by atoms with Crippen LogP contribution < -0.4 is 0 Å². The van der Waals surface area contributed by atoms with Crippen molar-refractivity contribution in [1.29, 1.82) is 0 Å². The SMILES string of the molecule is C=C[C@H]1OC2(CCCCC2)O[C@H]1CI. The Balaban J connectivity index is 2.05. The molecule has 80 valence electrons. The van der Waals surface area contributed by atoms with E-state index in [1.807, 2.05) is 6.08 Å². The Morgan fingerprint density at radius 3 is 2.50 bits per heavy atom. The van der Waals surface area contributed by atoms with E-state index in [-0.39, 0.29) is 18.0 Å². The number of alkyl halides is 1. The van der Waals surface area contributed by atoms with Crippen LogP contribution in [0.2, 0.25) is 0 Å². The van der Waals surface area contributed by atoms with Crippen molar-refractivity contribution in [2.24, 2.45) is 0 Å². The van der Waals surface area contributed by atoms with Gasteiger partial charge in [0.15, 0.2) is 5.79 Å². The highest BCUT2D eigenvalue weighted by Gasteiger charge is 2.46. The van der Waals surface area contributed by atoms with E-state index in [4.69, 9.17) is 9.47 Å². The maximum absolute atomic E-state index is 6.04. The van der Waals surface area contributed by atoms with E-state index >= 15 is 0 Å². The molecule has 1 saturated carbocycles. The molecule has 3 heteroatoms. The standard InChI is InChI=1S/C11H17IO2/c1-2-9-10(8-12)14-11(13-9)6-4-3-5-7-11/h2,9-10H,1,3-8H2/t9-,10+/m1/s1. The number of halogens is 1. The topological polar surface area (TPSA) is 18.5 Å². The Bertz CT molecular complexity index is 211. The first-order valence-corrected chi connectivity index (χ1v) is 6.86. The summed E-state index contributed by atoms with van der Waals surface area (Å²) in [5, 5.41) is 0. The summed E-state index contributed by atoms with van der Waals surface area (Å²) in [5.41, 5.74) is 0. The van der Waals surface area contributed by atoms with E-state index in [9.17, 15) is 0 Å². The zero-order chi connectivity index (χ0) is 10.0. The molecule has 0 aromatic carbocycles. The normalized spacial score (nSPS) is 36.1. The first-order chi connectivity index (χ1) is 6.79. The fourth-order valence-electron chi connectivity index (χ4n) is 2.34. The van der Waals surface area contributed by atoms with Gasteiger partial charge >= 0.3 is 0 Å². The van der Waals surface area contributed by atoms with Crippen LogP contribution in [-0.2, 0) is 9.47 Å². The molecule has 1 aliphatic carbocycles. The van der Waals surface area contributed by atoms with Gasteiger partial charge in [-0.05, 0) is 12.8 Å². The quantitative estimate of drug-likeness (QED) is 0.443. The minimum absolute atomic E-state index is 0.102. The maximum atomic E-state index is 6.04. The molecule has 2 rings (SSSR count). The summed E-state index contributed by atoms with van der Waals surface area (Å²) in [6.45, 7) is 3.81. The van der Waals surface area contributed by atoms with Crippen LogP contribution in [0.15, 0.2) is 12.7 Å². The molecule has 2 nitrogen and oxygen atoms in total. The first-order valence-electron chi connectivity index (χ1n) is 5.34. The van der Waals surface area contributed by atoms with Crippen molar-refractivity contribution in [2.45, 2.75) is 50.1 Å². The highest BCUT2D eigenvalue weighted by atomic mass is 127. The first kappa shape index (κ1) is 10.9. The van der Waals surface area contributed by atoms with Crippen molar-refractivity contribution in [2.75, 3.05) is 4.43 Å². The minimum atomic E-state index is -0.257. The van der Waals surface area contributed by atoms with Crippen molar-refractivity contribution in [3.63, 3.8) is 0 Å². The Labute approximate surface area is 99.2 Å². The van der Waals surface area contributed by atoms with Crippen LogP contribution >= 0.6 is 22.6 Å². The monoisotopic (exact) mass is 308 g/mol. The van der Waals surface area contributed by atoms with Gasteiger partial charge in [0.2, 0.25) is 0 Å². The van der Waals surface area contributed by atoms with Crippen LogP contribution in [0.25, 0.3) is 0 Å². The molecule has 0 N–H and O–H groups in total. The summed E-state index contributed by atoms with van der Waals surface area (Å²) < 4.78 is 13.0. The summed E-state index contributed by atoms with van der Waals surface area (Å²) in [7, 11) is 0. The van der Waals surface area contributed by atoms with E-state index < -0.39 is 0 Å². The molecule has 0 aromatic heterocycles. The molecule has 1 aliphatic heterocycles. The third kappa shape index (κ3) is 1.99. The highest BCUT2D eigenvalue weighted by molar-refractivity contribution is 14.1. The van der Waals surface area contributed by atoms with Crippen molar-refractivity contribution < 1.29 is 9.47 Å². The second kappa shape index (κ2) is 4.49. The van der Waals surface area contributed by atoms with Crippen molar-refractivity contribution >= 4 is 22.6 Å². The van der Waals surface area contributed by atoms with E-state index in [2.05, 4.69) is 29.2 Å². The van der Waals surface area contributed by atoms with Gasteiger partial charge in [-0.2, -0.15) is 0 Å². The third-order valence-electron chi connectivity index (χ3n) is 3.08. The molecule has 2 aliphatic rings. The lowest BCUT2D eigenvalue weighted by molar-refractivity contribution is -0.189. The van der Waals surface area contributed by atoms with Gasteiger partial charge in [0.25, 0.3) is 0 Å². The average molecular weight is 308 g/mol. The second-order valence-corrected chi connectivity index (χ2v) is 4.98. The molecular weight excluding hydrogens is 291 g/mol. The number of rotatable bonds is 2. The third-order valence-corrected chi connectivity index (χ3v) is 3.95. The molecule has 2 atom stereocenters. The van der Waals surface area contributed by atoms with Gasteiger partial charge in [-0.25, -0.2) is 0 Å². The van der Waals surface area contributed by atoms with Gasteiger partial charge in [0.05, 0.1) is 6.10 Å². The molecule has 1 heterocycles. The second-order valence-electron chi connectivity index (χ2n) is 4.10. The zero-order valence-corrected chi connectivity index (χ0v) is 10.5. The lowest BCUT2D eigenvalue weighted by Gasteiger charge is -2.31. The number of hydrogen-bond acceptors (Lipinski definition) is 2. The van der Waals surface area contributed by atoms with Gasteiger partial charge in [-0.15, -0.1) is 6.58 Å². The van der Waals surface area contributed by atoms with Crippen LogP contribution in [0, 0.1) is 0 Å². The molecule has 14 heavy (non-hydrogen) atoms. The largest absolute Gasteiger partial charge is 0.343 e. The van der Waals surface area contributed by atoms with Gasteiger partial charge in [0, 0.05) is 17.3 Å². The van der Waals surface area contributed by atoms with Crippen LogP contribution in [-0.4, -0.2) is 22.4 Å². The molecule has 0 radical (unpaired) electrons. The average Bonchev–Trinajstić information content (AvgIpc) is 2.57. The zero-order valence-electron chi connectivity index (χ0n) is 8.38. The summed E-state index contributed by atoms with van der Waals surface area (Å²) in [6, 6.07) is 0. The van der Waals surface area contributed by atoms with E-state index in [1.54, 1.807) is 0 Å². The number of ether oxygens (including phenoxy) is 2. The van der Waals surface area contributed by atoms with Crippen LogP contribution in [0.1, 0.15) is 32.1 Å².